The van der Waals surface area contributed by atoms with Crippen LogP contribution in [0.15, 0.2) is 53.1 Å². The molecule has 0 aliphatic heterocycles. The summed E-state index contributed by atoms with van der Waals surface area (Å²) in [6, 6.07) is 12.4. The maximum absolute atomic E-state index is 12.5. The normalized spacial score (nSPS) is 10.6. The van der Waals surface area contributed by atoms with Gasteiger partial charge in [0.15, 0.2) is 0 Å². The minimum Gasteiger partial charge on any atom is -0.494 e. The van der Waals surface area contributed by atoms with Gasteiger partial charge in [-0.1, -0.05) is 27.5 Å². The molecule has 3 rings (SSSR count). The largest absolute Gasteiger partial charge is 0.494 e. The second-order valence-corrected chi connectivity index (χ2v) is 6.12. The van der Waals surface area contributed by atoms with Gasteiger partial charge >= 0.3 is 0 Å². The van der Waals surface area contributed by atoms with Crippen LogP contribution in [0, 0.1) is 0 Å². The highest BCUT2D eigenvalue weighted by atomic mass is 79.9. The van der Waals surface area contributed by atoms with E-state index < -0.39 is 0 Å². The topological polar surface area (TPSA) is 51.2 Å². The Hall–Kier alpha value is -2.11. The number of benzene rings is 2. The number of methoxy groups -OCH3 is 1. The number of anilines is 1. The molecule has 0 bridgehead atoms. The van der Waals surface area contributed by atoms with Crippen LogP contribution in [-0.4, -0.2) is 18.0 Å². The van der Waals surface area contributed by atoms with Gasteiger partial charge in [0.25, 0.3) is 5.91 Å². The highest BCUT2D eigenvalue weighted by Crippen LogP contribution is 2.30. The number of carbonyl (C=O) groups excluding carboxylic acids is 1. The van der Waals surface area contributed by atoms with Crippen LogP contribution >= 0.6 is 27.5 Å². The summed E-state index contributed by atoms with van der Waals surface area (Å²) in [6.45, 7) is 0. The molecule has 0 fully saturated rings. The Kier molecular flexibility index (Phi) is 4.50. The van der Waals surface area contributed by atoms with E-state index in [1.54, 1.807) is 43.6 Å². The molecule has 1 heterocycles. The van der Waals surface area contributed by atoms with Gasteiger partial charge < -0.3 is 10.1 Å². The molecule has 0 aliphatic rings. The number of carbonyl (C=O) groups is 1. The van der Waals surface area contributed by atoms with Crippen molar-refractivity contribution in [2.45, 2.75) is 0 Å². The zero-order chi connectivity index (χ0) is 16.4. The third kappa shape index (κ3) is 3.16. The fraction of sp³-hybridized carbons (Fsp3) is 0.0588. The predicted octanol–water partition coefficient (Wildman–Crippen LogP) is 4.91. The van der Waals surface area contributed by atoms with Gasteiger partial charge in [0.05, 0.1) is 23.4 Å². The van der Waals surface area contributed by atoms with Gasteiger partial charge in [-0.25, -0.2) is 0 Å². The van der Waals surface area contributed by atoms with Gasteiger partial charge in [0.2, 0.25) is 0 Å². The number of amides is 1. The lowest BCUT2D eigenvalue weighted by atomic mass is 10.1. The van der Waals surface area contributed by atoms with Crippen LogP contribution in [0.4, 0.5) is 5.69 Å². The van der Waals surface area contributed by atoms with Crippen LogP contribution < -0.4 is 10.1 Å². The fourth-order valence-corrected chi connectivity index (χ4v) is 2.85. The minimum absolute atomic E-state index is 0.286. The number of halogens is 2. The molecule has 1 N–H and O–H groups in total. The molecular weight excluding hydrogens is 380 g/mol. The SMILES string of the molecule is COc1ccc(NC(=O)c2cc(Br)ccc2Cl)c2cccnc12. The van der Waals surface area contributed by atoms with Crippen molar-refractivity contribution in [2.75, 3.05) is 12.4 Å². The summed E-state index contributed by atoms with van der Waals surface area (Å²) in [5, 5.41) is 4.07. The average Bonchev–Trinajstić information content (AvgIpc) is 2.57. The maximum atomic E-state index is 12.5. The van der Waals surface area contributed by atoms with E-state index in [1.807, 2.05) is 12.1 Å². The molecule has 4 nitrogen and oxygen atoms in total. The molecule has 3 aromatic rings. The van der Waals surface area contributed by atoms with Crippen molar-refractivity contribution >= 4 is 50.0 Å². The standard InChI is InChI=1S/C17H12BrClN2O2/c1-23-15-7-6-14(11-3-2-8-20-16(11)15)21-17(22)12-9-10(18)4-5-13(12)19/h2-9H,1H3,(H,21,22). The zero-order valence-corrected chi connectivity index (χ0v) is 14.5. The maximum Gasteiger partial charge on any atom is 0.257 e. The lowest BCUT2D eigenvalue weighted by Crippen LogP contribution is -2.13. The molecule has 1 aromatic heterocycles. The Labute approximate surface area is 146 Å². The molecule has 1 amide bonds. The third-order valence-corrected chi connectivity index (χ3v) is 4.20. The summed E-state index contributed by atoms with van der Waals surface area (Å²) in [5.74, 6) is 0.366. The average molecular weight is 392 g/mol. The second kappa shape index (κ2) is 6.56. The van der Waals surface area contributed by atoms with Crippen molar-refractivity contribution in [3.05, 3.63) is 63.7 Å². The van der Waals surface area contributed by atoms with Crippen LogP contribution in [0.2, 0.25) is 5.02 Å². The van der Waals surface area contributed by atoms with E-state index in [2.05, 4.69) is 26.2 Å². The predicted molar refractivity (Wildman–Crippen MR) is 95.4 cm³/mol. The quantitative estimate of drug-likeness (QED) is 0.690. The van der Waals surface area contributed by atoms with Crippen molar-refractivity contribution in [3.8, 4) is 5.75 Å². The number of nitrogens with zero attached hydrogens (tertiary/aromatic N) is 1. The molecule has 2 aromatic carbocycles. The van der Waals surface area contributed by atoms with Crippen LogP contribution in [0.25, 0.3) is 10.9 Å². The molecule has 0 atom stereocenters. The van der Waals surface area contributed by atoms with E-state index in [1.165, 1.54) is 0 Å². The lowest BCUT2D eigenvalue weighted by Gasteiger charge is -2.11. The van der Waals surface area contributed by atoms with Crippen molar-refractivity contribution in [2.24, 2.45) is 0 Å². The Morgan fingerprint density at radius 1 is 1.26 bits per heavy atom. The summed E-state index contributed by atoms with van der Waals surface area (Å²) in [6.07, 6.45) is 1.68. The Bertz CT molecular complexity index is 899. The summed E-state index contributed by atoms with van der Waals surface area (Å²) in [5.41, 5.74) is 1.73. The number of hydrogen-bond acceptors (Lipinski definition) is 3. The van der Waals surface area contributed by atoms with Crippen LogP contribution in [0.3, 0.4) is 0 Å². The van der Waals surface area contributed by atoms with E-state index in [4.69, 9.17) is 16.3 Å². The number of aromatic nitrogens is 1. The Balaban J connectivity index is 2.02. The number of pyridine rings is 1. The molecule has 0 saturated carbocycles. The van der Waals surface area contributed by atoms with Crippen molar-refractivity contribution in [3.63, 3.8) is 0 Å². The highest BCUT2D eigenvalue weighted by Gasteiger charge is 2.14. The second-order valence-electron chi connectivity index (χ2n) is 4.79. The molecule has 0 radical (unpaired) electrons. The summed E-state index contributed by atoms with van der Waals surface area (Å²) >= 11 is 9.45. The van der Waals surface area contributed by atoms with E-state index in [-0.39, 0.29) is 5.91 Å². The van der Waals surface area contributed by atoms with Crippen molar-refractivity contribution in [1.29, 1.82) is 0 Å². The number of ether oxygens (including phenoxy) is 1. The van der Waals surface area contributed by atoms with E-state index in [0.717, 1.165) is 9.86 Å². The zero-order valence-electron chi connectivity index (χ0n) is 12.1. The van der Waals surface area contributed by atoms with Gasteiger partial charge in [-0.05, 0) is 42.5 Å². The van der Waals surface area contributed by atoms with Gasteiger partial charge in [-0.3, -0.25) is 9.78 Å². The first-order valence-corrected chi connectivity index (χ1v) is 7.95. The van der Waals surface area contributed by atoms with Crippen molar-refractivity contribution in [1.82, 2.24) is 4.98 Å². The smallest absolute Gasteiger partial charge is 0.257 e. The molecule has 0 unspecified atom stereocenters. The Morgan fingerprint density at radius 2 is 2.09 bits per heavy atom. The molecule has 0 spiro atoms. The lowest BCUT2D eigenvalue weighted by molar-refractivity contribution is 0.102. The molecule has 116 valence electrons. The number of nitrogens with one attached hydrogen (secondary N) is 1. The van der Waals surface area contributed by atoms with E-state index in [9.17, 15) is 4.79 Å². The molecule has 23 heavy (non-hydrogen) atoms. The van der Waals surface area contributed by atoms with Gasteiger partial charge in [-0.2, -0.15) is 0 Å². The summed E-state index contributed by atoms with van der Waals surface area (Å²) in [7, 11) is 1.59. The van der Waals surface area contributed by atoms with Crippen LogP contribution in [-0.2, 0) is 0 Å². The van der Waals surface area contributed by atoms with Gasteiger partial charge in [0.1, 0.15) is 11.3 Å². The third-order valence-electron chi connectivity index (χ3n) is 3.37. The monoisotopic (exact) mass is 390 g/mol. The van der Waals surface area contributed by atoms with Gasteiger partial charge in [-0.15, -0.1) is 0 Å². The molecule has 6 heteroatoms. The molecule has 0 aliphatic carbocycles. The summed E-state index contributed by atoms with van der Waals surface area (Å²) < 4.78 is 6.09. The van der Waals surface area contributed by atoms with Crippen LogP contribution in [0.1, 0.15) is 10.4 Å². The minimum atomic E-state index is -0.286. The van der Waals surface area contributed by atoms with Gasteiger partial charge in [0, 0.05) is 16.1 Å². The number of rotatable bonds is 3. The number of fused-ring (bicyclic) bond motifs is 1. The van der Waals surface area contributed by atoms with E-state index >= 15 is 0 Å². The Morgan fingerprint density at radius 3 is 2.87 bits per heavy atom. The summed E-state index contributed by atoms with van der Waals surface area (Å²) in [4.78, 5) is 16.8. The fourth-order valence-electron chi connectivity index (χ4n) is 2.28. The molecule has 0 saturated heterocycles. The van der Waals surface area contributed by atoms with Crippen molar-refractivity contribution < 1.29 is 9.53 Å². The number of hydrogen-bond donors (Lipinski definition) is 1. The van der Waals surface area contributed by atoms with Crippen LogP contribution in [0.5, 0.6) is 5.75 Å². The molecular formula is C17H12BrClN2O2. The van der Waals surface area contributed by atoms with E-state index in [0.29, 0.717) is 27.5 Å². The first-order valence-electron chi connectivity index (χ1n) is 6.78. The first-order chi connectivity index (χ1) is 11.1. The highest BCUT2D eigenvalue weighted by molar-refractivity contribution is 9.10. The first kappa shape index (κ1) is 15.8.